The van der Waals surface area contributed by atoms with Crippen LogP contribution in [0.5, 0.6) is 0 Å². The summed E-state index contributed by atoms with van der Waals surface area (Å²) in [5, 5.41) is 2.97. The van der Waals surface area contributed by atoms with Gasteiger partial charge in [-0.2, -0.15) is 0 Å². The predicted octanol–water partition coefficient (Wildman–Crippen LogP) is 4.51. The molecule has 0 atom stereocenters. The molecule has 0 aromatic carbocycles. The molecule has 0 heterocycles. The molecule has 0 saturated heterocycles. The van der Waals surface area contributed by atoms with Gasteiger partial charge in [0, 0.05) is 38.5 Å². The third-order valence-corrected chi connectivity index (χ3v) is 4.10. The summed E-state index contributed by atoms with van der Waals surface area (Å²) >= 11 is 0. The SMILES string of the molecule is CC(C)CCOCCCC(=O)NCCCCCCCC(=O)C(C)C. The van der Waals surface area contributed by atoms with Gasteiger partial charge in [-0.05, 0) is 31.6 Å². The Labute approximate surface area is 149 Å². The van der Waals surface area contributed by atoms with Crippen molar-refractivity contribution < 1.29 is 14.3 Å². The van der Waals surface area contributed by atoms with E-state index in [2.05, 4.69) is 19.2 Å². The van der Waals surface area contributed by atoms with Crippen LogP contribution in [0.15, 0.2) is 0 Å². The second-order valence-electron chi connectivity index (χ2n) is 7.39. The van der Waals surface area contributed by atoms with Crippen molar-refractivity contribution >= 4 is 11.7 Å². The van der Waals surface area contributed by atoms with E-state index >= 15 is 0 Å². The summed E-state index contributed by atoms with van der Waals surface area (Å²) in [5.41, 5.74) is 0. The summed E-state index contributed by atoms with van der Waals surface area (Å²) in [7, 11) is 0. The molecular formula is C20H39NO3. The van der Waals surface area contributed by atoms with Gasteiger partial charge < -0.3 is 10.1 Å². The van der Waals surface area contributed by atoms with Crippen molar-refractivity contribution in [3.8, 4) is 0 Å². The standard InChI is InChI=1S/C20H39NO3/c1-17(2)13-16-24-15-10-12-20(23)21-14-9-7-5-6-8-11-19(22)18(3)4/h17-18H,5-16H2,1-4H3,(H,21,23). The van der Waals surface area contributed by atoms with Crippen LogP contribution in [-0.2, 0) is 14.3 Å². The fourth-order valence-electron chi connectivity index (χ4n) is 2.32. The van der Waals surface area contributed by atoms with Crippen LogP contribution < -0.4 is 5.32 Å². The zero-order chi connectivity index (χ0) is 18.2. The Bertz CT molecular complexity index is 327. The minimum absolute atomic E-state index is 0.130. The van der Waals surface area contributed by atoms with Crippen molar-refractivity contribution in [3.05, 3.63) is 0 Å². The first-order valence-electron chi connectivity index (χ1n) is 9.80. The number of hydrogen-bond donors (Lipinski definition) is 1. The molecule has 0 aliphatic carbocycles. The lowest BCUT2D eigenvalue weighted by Crippen LogP contribution is -2.24. The number of carbonyl (C=O) groups is 2. The summed E-state index contributed by atoms with van der Waals surface area (Å²) < 4.78 is 5.50. The molecule has 142 valence electrons. The van der Waals surface area contributed by atoms with E-state index < -0.39 is 0 Å². The second-order valence-corrected chi connectivity index (χ2v) is 7.39. The first kappa shape index (κ1) is 23.1. The van der Waals surface area contributed by atoms with Crippen molar-refractivity contribution in [2.24, 2.45) is 11.8 Å². The van der Waals surface area contributed by atoms with Gasteiger partial charge in [0.1, 0.15) is 5.78 Å². The highest BCUT2D eigenvalue weighted by Crippen LogP contribution is 2.08. The molecule has 0 aliphatic rings. The van der Waals surface area contributed by atoms with Crippen LogP contribution >= 0.6 is 0 Å². The highest BCUT2D eigenvalue weighted by molar-refractivity contribution is 5.80. The molecule has 0 aromatic heterocycles. The fourth-order valence-corrected chi connectivity index (χ4v) is 2.32. The van der Waals surface area contributed by atoms with Gasteiger partial charge in [0.15, 0.2) is 0 Å². The van der Waals surface area contributed by atoms with E-state index in [0.717, 1.165) is 58.1 Å². The minimum Gasteiger partial charge on any atom is -0.381 e. The zero-order valence-corrected chi connectivity index (χ0v) is 16.4. The van der Waals surface area contributed by atoms with Crippen LogP contribution in [-0.4, -0.2) is 31.4 Å². The van der Waals surface area contributed by atoms with E-state index in [-0.39, 0.29) is 11.8 Å². The van der Waals surface area contributed by atoms with Gasteiger partial charge in [0.25, 0.3) is 0 Å². The maximum Gasteiger partial charge on any atom is 0.220 e. The average Bonchev–Trinajstić information content (AvgIpc) is 2.52. The van der Waals surface area contributed by atoms with Gasteiger partial charge >= 0.3 is 0 Å². The molecular weight excluding hydrogens is 302 g/mol. The number of Topliss-reactive ketones (excluding diaryl/α,β-unsaturated/α-hetero) is 1. The van der Waals surface area contributed by atoms with Crippen molar-refractivity contribution in [2.45, 2.75) is 85.5 Å². The van der Waals surface area contributed by atoms with Gasteiger partial charge in [-0.1, -0.05) is 47.0 Å². The molecule has 0 fully saturated rings. The molecule has 0 aromatic rings. The molecule has 0 rings (SSSR count). The summed E-state index contributed by atoms with van der Waals surface area (Å²) in [5.74, 6) is 1.34. The monoisotopic (exact) mass is 341 g/mol. The molecule has 0 spiro atoms. The lowest BCUT2D eigenvalue weighted by Gasteiger charge is -2.07. The van der Waals surface area contributed by atoms with Crippen molar-refractivity contribution in [1.29, 1.82) is 0 Å². The van der Waals surface area contributed by atoms with E-state index in [1.54, 1.807) is 0 Å². The lowest BCUT2D eigenvalue weighted by molar-refractivity contribution is -0.122. The predicted molar refractivity (Wildman–Crippen MR) is 100 cm³/mol. The highest BCUT2D eigenvalue weighted by Gasteiger charge is 2.06. The first-order valence-corrected chi connectivity index (χ1v) is 9.80. The van der Waals surface area contributed by atoms with Crippen molar-refractivity contribution in [1.82, 2.24) is 5.32 Å². The van der Waals surface area contributed by atoms with E-state index in [0.29, 0.717) is 31.1 Å². The summed E-state index contributed by atoms with van der Waals surface area (Å²) in [6.07, 6.45) is 8.55. The summed E-state index contributed by atoms with van der Waals surface area (Å²) in [4.78, 5) is 23.1. The smallest absolute Gasteiger partial charge is 0.220 e. The maximum atomic E-state index is 11.7. The third kappa shape index (κ3) is 16.0. The number of rotatable bonds is 16. The van der Waals surface area contributed by atoms with Gasteiger partial charge in [-0.15, -0.1) is 0 Å². The van der Waals surface area contributed by atoms with Crippen LogP contribution in [0.2, 0.25) is 0 Å². The Balaban J connectivity index is 3.27. The Morgan fingerprint density at radius 1 is 0.833 bits per heavy atom. The van der Waals surface area contributed by atoms with Gasteiger partial charge in [-0.25, -0.2) is 0 Å². The number of unbranched alkanes of at least 4 members (excludes halogenated alkanes) is 4. The number of amides is 1. The number of ether oxygens (including phenoxy) is 1. The quantitative estimate of drug-likeness (QED) is 0.420. The largest absolute Gasteiger partial charge is 0.381 e. The molecule has 1 N–H and O–H groups in total. The molecule has 0 unspecified atom stereocenters. The number of hydrogen-bond acceptors (Lipinski definition) is 3. The van der Waals surface area contributed by atoms with Crippen molar-refractivity contribution in [2.75, 3.05) is 19.8 Å². The normalized spacial score (nSPS) is 11.2. The Hall–Kier alpha value is -0.900. The summed E-state index contributed by atoms with van der Waals surface area (Å²) in [6.45, 7) is 10.5. The maximum absolute atomic E-state index is 11.7. The first-order chi connectivity index (χ1) is 11.4. The fraction of sp³-hybridized carbons (Fsp3) is 0.900. The minimum atomic E-state index is 0.130. The number of carbonyl (C=O) groups excluding carboxylic acids is 2. The second kappa shape index (κ2) is 15.6. The number of nitrogens with one attached hydrogen (secondary N) is 1. The van der Waals surface area contributed by atoms with E-state index in [1.807, 2.05) is 13.8 Å². The molecule has 0 saturated carbocycles. The number of ketones is 1. The van der Waals surface area contributed by atoms with E-state index in [4.69, 9.17) is 4.74 Å². The molecule has 0 radical (unpaired) electrons. The van der Waals surface area contributed by atoms with Crippen LogP contribution in [0.1, 0.15) is 85.5 Å². The van der Waals surface area contributed by atoms with E-state index in [9.17, 15) is 9.59 Å². The zero-order valence-electron chi connectivity index (χ0n) is 16.4. The third-order valence-electron chi connectivity index (χ3n) is 4.10. The average molecular weight is 342 g/mol. The van der Waals surface area contributed by atoms with Gasteiger partial charge in [-0.3, -0.25) is 9.59 Å². The van der Waals surface area contributed by atoms with Crippen LogP contribution in [0.3, 0.4) is 0 Å². The Morgan fingerprint density at radius 2 is 1.50 bits per heavy atom. The Kier molecular flexibility index (Phi) is 15.0. The van der Waals surface area contributed by atoms with Crippen LogP contribution in [0.25, 0.3) is 0 Å². The molecule has 4 heteroatoms. The molecule has 24 heavy (non-hydrogen) atoms. The highest BCUT2D eigenvalue weighted by atomic mass is 16.5. The van der Waals surface area contributed by atoms with Crippen LogP contribution in [0, 0.1) is 11.8 Å². The van der Waals surface area contributed by atoms with Gasteiger partial charge in [0.2, 0.25) is 5.91 Å². The molecule has 1 amide bonds. The van der Waals surface area contributed by atoms with Crippen LogP contribution in [0.4, 0.5) is 0 Å². The summed E-state index contributed by atoms with van der Waals surface area (Å²) in [6, 6.07) is 0. The van der Waals surface area contributed by atoms with Crippen molar-refractivity contribution in [3.63, 3.8) is 0 Å². The van der Waals surface area contributed by atoms with Gasteiger partial charge in [0.05, 0.1) is 0 Å². The topological polar surface area (TPSA) is 55.4 Å². The molecule has 4 nitrogen and oxygen atoms in total. The molecule has 0 aliphatic heterocycles. The van der Waals surface area contributed by atoms with E-state index in [1.165, 1.54) is 0 Å². The molecule has 0 bridgehead atoms. The Morgan fingerprint density at radius 3 is 2.17 bits per heavy atom. The lowest BCUT2D eigenvalue weighted by atomic mass is 10.0.